The van der Waals surface area contributed by atoms with Gasteiger partial charge in [-0.2, -0.15) is 8.61 Å². The maximum absolute atomic E-state index is 14.1. The molecule has 68 heavy (non-hydrogen) atoms. The highest BCUT2D eigenvalue weighted by Gasteiger charge is 2.36. The van der Waals surface area contributed by atoms with Crippen LogP contribution in [0.2, 0.25) is 0 Å². The predicted octanol–water partition coefficient (Wildman–Crippen LogP) is 10.4. The Morgan fingerprint density at radius 3 is 0.956 bits per heavy atom. The molecular formula is C54H74N2O10S2. The minimum Gasteiger partial charge on any atom is -0.497 e. The van der Waals surface area contributed by atoms with E-state index < -0.39 is 30.5 Å². The SMILES string of the molecule is C=CCC[C@@H](CC1CCOCC1)S(=O)(=O)N(Cc1ccc(OC)cc1)Cc1ccc(OC)cc1.C=CCC[C@H](CC1CCOCC1)S(=O)(=O)N(Cc1ccc(OC)cc1)Cc1ccc(OC)cc1. The molecule has 12 nitrogen and oxygen atoms in total. The van der Waals surface area contributed by atoms with Crippen LogP contribution < -0.4 is 18.9 Å². The number of rotatable bonds is 26. The van der Waals surface area contributed by atoms with Crippen LogP contribution in [0.1, 0.15) is 86.5 Å². The second kappa shape index (κ2) is 28.1. The molecule has 0 unspecified atom stereocenters. The van der Waals surface area contributed by atoms with Gasteiger partial charge in [0, 0.05) is 52.6 Å². The van der Waals surface area contributed by atoms with Crippen molar-refractivity contribution < 1.29 is 45.3 Å². The first-order chi connectivity index (χ1) is 32.9. The molecule has 372 valence electrons. The summed E-state index contributed by atoms with van der Waals surface area (Å²) in [5.41, 5.74) is 3.69. The molecule has 2 atom stereocenters. The summed E-state index contributed by atoms with van der Waals surface area (Å²) in [4.78, 5) is 0. The van der Waals surface area contributed by atoms with E-state index in [1.54, 1.807) is 37.0 Å². The van der Waals surface area contributed by atoms with Gasteiger partial charge in [0.15, 0.2) is 0 Å². The quantitative estimate of drug-likeness (QED) is 0.0561. The van der Waals surface area contributed by atoms with Gasteiger partial charge >= 0.3 is 0 Å². The zero-order valence-electron chi connectivity index (χ0n) is 40.6. The molecule has 6 rings (SSSR count). The van der Waals surface area contributed by atoms with E-state index in [9.17, 15) is 16.8 Å². The van der Waals surface area contributed by atoms with Gasteiger partial charge in [-0.25, -0.2) is 16.8 Å². The molecule has 0 spiro atoms. The number of hydrogen-bond acceptors (Lipinski definition) is 10. The van der Waals surface area contributed by atoms with Crippen molar-refractivity contribution >= 4 is 20.0 Å². The second-order valence-electron chi connectivity index (χ2n) is 17.6. The van der Waals surface area contributed by atoms with Gasteiger partial charge in [0.05, 0.1) is 38.9 Å². The third kappa shape index (κ3) is 16.8. The number of ether oxygens (including phenoxy) is 6. The largest absolute Gasteiger partial charge is 0.497 e. The van der Waals surface area contributed by atoms with Gasteiger partial charge in [-0.1, -0.05) is 60.7 Å². The molecule has 0 amide bonds. The Kier molecular flexibility index (Phi) is 22.4. The van der Waals surface area contributed by atoms with Crippen LogP contribution in [0.4, 0.5) is 0 Å². The Morgan fingerprint density at radius 1 is 0.485 bits per heavy atom. The molecule has 14 heteroatoms. The summed E-state index contributed by atoms with van der Waals surface area (Å²) in [7, 11) is -0.677. The number of benzene rings is 4. The van der Waals surface area contributed by atoms with E-state index in [0.717, 1.165) is 70.9 Å². The summed E-state index contributed by atoms with van der Waals surface area (Å²) in [6.07, 6.45) is 11.1. The molecule has 2 aliphatic heterocycles. The van der Waals surface area contributed by atoms with Crippen LogP contribution in [0.25, 0.3) is 0 Å². The smallest absolute Gasteiger partial charge is 0.217 e. The molecule has 2 heterocycles. The normalized spacial score (nSPS) is 15.7. The molecule has 4 aromatic rings. The van der Waals surface area contributed by atoms with Gasteiger partial charge in [0.25, 0.3) is 0 Å². The fourth-order valence-electron chi connectivity index (χ4n) is 8.72. The van der Waals surface area contributed by atoms with E-state index in [1.807, 2.05) is 109 Å². The van der Waals surface area contributed by atoms with E-state index in [2.05, 4.69) is 13.2 Å². The van der Waals surface area contributed by atoms with Crippen molar-refractivity contribution in [3.05, 3.63) is 145 Å². The minimum absolute atomic E-state index is 0.302. The van der Waals surface area contributed by atoms with E-state index >= 15 is 0 Å². The highest BCUT2D eigenvalue weighted by Crippen LogP contribution is 2.32. The molecule has 2 fully saturated rings. The maximum atomic E-state index is 14.1. The van der Waals surface area contributed by atoms with Crippen LogP contribution in [0.3, 0.4) is 0 Å². The summed E-state index contributed by atoms with van der Waals surface area (Å²) in [6.45, 7) is 11.7. The number of methoxy groups -OCH3 is 4. The first kappa shape index (κ1) is 54.2. The number of hydrogen-bond donors (Lipinski definition) is 0. The van der Waals surface area contributed by atoms with E-state index in [4.69, 9.17) is 28.4 Å². The zero-order chi connectivity index (χ0) is 48.8. The van der Waals surface area contributed by atoms with Crippen LogP contribution >= 0.6 is 0 Å². The molecule has 0 aromatic heterocycles. The van der Waals surface area contributed by atoms with Gasteiger partial charge in [0.1, 0.15) is 23.0 Å². The first-order valence-corrected chi connectivity index (χ1v) is 26.8. The van der Waals surface area contributed by atoms with Gasteiger partial charge in [-0.05, 0) is 147 Å². The predicted molar refractivity (Wildman–Crippen MR) is 271 cm³/mol. The second-order valence-corrected chi connectivity index (χ2v) is 22.0. The maximum Gasteiger partial charge on any atom is 0.217 e. The summed E-state index contributed by atoms with van der Waals surface area (Å²) >= 11 is 0. The first-order valence-electron chi connectivity index (χ1n) is 23.8. The van der Waals surface area contributed by atoms with Crippen molar-refractivity contribution in [2.24, 2.45) is 11.8 Å². The molecule has 0 aliphatic carbocycles. The molecule has 0 saturated carbocycles. The molecule has 0 radical (unpaired) electrons. The van der Waals surface area contributed by atoms with E-state index in [1.165, 1.54) is 0 Å². The van der Waals surface area contributed by atoms with Crippen molar-refractivity contribution in [1.82, 2.24) is 8.61 Å². The summed E-state index contributed by atoms with van der Waals surface area (Å²) in [5.74, 6) is 3.71. The third-order valence-corrected chi connectivity index (χ3v) is 17.4. The fraction of sp³-hybridized carbons (Fsp3) is 0.481. The topological polar surface area (TPSA) is 130 Å². The Hall–Kier alpha value is -4.70. The summed E-state index contributed by atoms with van der Waals surface area (Å²) < 4.78 is 91.6. The monoisotopic (exact) mass is 974 g/mol. The Bertz CT molecular complexity index is 2030. The summed E-state index contributed by atoms with van der Waals surface area (Å²) in [5, 5.41) is -0.907. The number of nitrogens with zero attached hydrogens (tertiary/aromatic N) is 2. The van der Waals surface area contributed by atoms with Gasteiger partial charge in [-0.15, -0.1) is 13.2 Å². The van der Waals surface area contributed by atoms with Crippen LogP contribution in [-0.4, -0.2) is 90.8 Å². The Labute approximate surface area is 407 Å². The average Bonchev–Trinajstić information content (AvgIpc) is 3.37. The summed E-state index contributed by atoms with van der Waals surface area (Å²) in [6, 6.07) is 30.3. The fourth-order valence-corrected chi connectivity index (χ4v) is 12.8. The standard InChI is InChI=1S/2C27H37NO5S/c2*1-4-5-6-27(19-22-15-17-33-18-16-22)34(29,30)28(20-23-7-11-25(31-2)12-8-23)21-24-9-13-26(32-3)14-10-24/h2*4,7-14,22,27H,1,5-6,15-21H2,2-3H3/t2*27-/m10/s1. The Balaban J connectivity index is 0.000000254. The molecule has 2 saturated heterocycles. The molecular weight excluding hydrogens is 901 g/mol. The lowest BCUT2D eigenvalue weighted by Gasteiger charge is -2.31. The van der Waals surface area contributed by atoms with Gasteiger partial charge < -0.3 is 28.4 Å². The Morgan fingerprint density at radius 2 is 0.735 bits per heavy atom. The van der Waals surface area contributed by atoms with Crippen molar-refractivity contribution in [2.45, 2.75) is 101 Å². The minimum atomic E-state index is -3.58. The molecule has 0 N–H and O–H groups in total. The third-order valence-electron chi connectivity index (χ3n) is 12.9. The van der Waals surface area contributed by atoms with Crippen molar-refractivity contribution in [1.29, 1.82) is 0 Å². The number of sulfonamides is 2. The van der Waals surface area contributed by atoms with Crippen LogP contribution in [-0.2, 0) is 55.7 Å². The van der Waals surface area contributed by atoms with Crippen molar-refractivity contribution in [3.63, 3.8) is 0 Å². The van der Waals surface area contributed by atoms with Crippen LogP contribution in [0, 0.1) is 11.8 Å². The van der Waals surface area contributed by atoms with Gasteiger partial charge in [-0.3, -0.25) is 0 Å². The highest BCUT2D eigenvalue weighted by molar-refractivity contribution is 7.90. The van der Waals surface area contributed by atoms with Gasteiger partial charge in [0.2, 0.25) is 20.0 Å². The molecule has 2 aliphatic rings. The lowest BCUT2D eigenvalue weighted by atomic mass is 9.93. The van der Waals surface area contributed by atoms with Crippen molar-refractivity contribution in [2.75, 3.05) is 54.9 Å². The van der Waals surface area contributed by atoms with Crippen molar-refractivity contribution in [3.8, 4) is 23.0 Å². The van der Waals surface area contributed by atoms with E-state index in [0.29, 0.717) is 103 Å². The van der Waals surface area contributed by atoms with E-state index in [-0.39, 0.29) is 0 Å². The molecule has 4 aromatic carbocycles. The lowest BCUT2D eigenvalue weighted by Crippen LogP contribution is -2.39. The van der Waals surface area contributed by atoms with Crippen LogP contribution in [0.5, 0.6) is 23.0 Å². The number of allylic oxidation sites excluding steroid dienone is 2. The molecule has 0 bridgehead atoms. The van der Waals surface area contributed by atoms with Crippen LogP contribution in [0.15, 0.2) is 122 Å². The highest BCUT2D eigenvalue weighted by atomic mass is 32.2. The average molecular weight is 975 g/mol. The zero-order valence-corrected chi connectivity index (χ0v) is 42.3. The lowest BCUT2D eigenvalue weighted by molar-refractivity contribution is 0.0632.